The Labute approximate surface area is 191 Å². The molecule has 0 unspecified atom stereocenters. The van der Waals surface area contributed by atoms with Crippen LogP contribution in [0.4, 0.5) is 5.69 Å². The number of carbonyl (C=O) groups is 3. The predicted molar refractivity (Wildman–Crippen MR) is 117 cm³/mol. The van der Waals surface area contributed by atoms with Crippen molar-refractivity contribution >= 4 is 46.6 Å². The number of halogens is 2. The van der Waals surface area contributed by atoms with Gasteiger partial charge >= 0.3 is 0 Å². The number of nitrogens with one attached hydrogen (secondary N) is 1. The molecule has 0 spiro atoms. The number of allylic oxidation sites excluding steroid dienone is 2. The highest BCUT2D eigenvalue weighted by molar-refractivity contribution is 6.44. The molecule has 1 saturated heterocycles. The molecular formula is C24H24Cl2N2O3. The van der Waals surface area contributed by atoms with E-state index in [1.807, 2.05) is 0 Å². The minimum absolute atomic E-state index is 0.0401. The predicted octanol–water partition coefficient (Wildman–Crippen LogP) is 4.54. The quantitative estimate of drug-likeness (QED) is 0.533. The fourth-order valence-electron chi connectivity index (χ4n) is 6.77. The Morgan fingerprint density at radius 1 is 0.935 bits per heavy atom. The largest absolute Gasteiger partial charge is 0.324 e. The van der Waals surface area contributed by atoms with Crippen LogP contribution in [0.2, 0.25) is 10.0 Å². The molecule has 6 atom stereocenters. The van der Waals surface area contributed by atoms with Gasteiger partial charge in [-0.2, -0.15) is 0 Å². The van der Waals surface area contributed by atoms with Crippen molar-refractivity contribution in [3.8, 4) is 0 Å². The SMILES string of the molecule is O=C(Nc1cccc(Cl)c1Cl)C1CCC(N2C(=O)[C@H]3[C@@H]4C=C[C@H]([C@H]5C[C@H]45)[C@@H]3C2=O)CC1. The molecule has 5 aliphatic carbocycles. The normalized spacial score (nSPS) is 40.0. The van der Waals surface area contributed by atoms with Crippen molar-refractivity contribution < 1.29 is 14.4 Å². The number of carbonyl (C=O) groups excluding carboxylic acids is 3. The smallest absolute Gasteiger partial charge is 0.233 e. The second-order valence-electron chi connectivity index (χ2n) is 9.80. The number of benzene rings is 1. The zero-order valence-electron chi connectivity index (χ0n) is 17.0. The number of likely N-dealkylation sites (tertiary alicyclic amines) is 1. The third-order valence-corrected chi connectivity index (χ3v) is 9.16. The maximum absolute atomic E-state index is 13.3. The fourth-order valence-corrected chi connectivity index (χ4v) is 7.12. The first-order valence-electron chi connectivity index (χ1n) is 11.3. The topological polar surface area (TPSA) is 66.5 Å². The molecule has 7 rings (SSSR count). The highest BCUT2D eigenvalue weighted by Crippen LogP contribution is 2.65. The summed E-state index contributed by atoms with van der Waals surface area (Å²) in [6.07, 6.45) is 8.23. The summed E-state index contributed by atoms with van der Waals surface area (Å²) in [6.45, 7) is 0. The van der Waals surface area contributed by atoms with Gasteiger partial charge in [-0.05, 0) is 67.9 Å². The van der Waals surface area contributed by atoms with Crippen LogP contribution in [0.5, 0.6) is 0 Å². The molecule has 7 heteroatoms. The van der Waals surface area contributed by atoms with Crippen LogP contribution in [0, 0.1) is 41.4 Å². The van der Waals surface area contributed by atoms with Gasteiger partial charge in [0.05, 0.1) is 27.6 Å². The van der Waals surface area contributed by atoms with Gasteiger partial charge in [0.2, 0.25) is 17.7 Å². The third-order valence-electron chi connectivity index (χ3n) is 8.34. The minimum atomic E-state index is -0.160. The molecule has 1 N–H and O–H groups in total. The number of amides is 3. The van der Waals surface area contributed by atoms with Crippen molar-refractivity contribution in [2.75, 3.05) is 5.32 Å². The number of hydrogen-bond acceptors (Lipinski definition) is 3. The Morgan fingerprint density at radius 3 is 2.16 bits per heavy atom. The van der Waals surface area contributed by atoms with E-state index < -0.39 is 0 Å². The molecule has 5 nitrogen and oxygen atoms in total. The van der Waals surface area contributed by atoms with Gasteiger partial charge in [0.15, 0.2) is 0 Å². The lowest BCUT2D eigenvalue weighted by atomic mass is 9.63. The molecule has 31 heavy (non-hydrogen) atoms. The lowest BCUT2D eigenvalue weighted by Crippen LogP contribution is -2.44. The second-order valence-corrected chi connectivity index (χ2v) is 10.6. The van der Waals surface area contributed by atoms with Gasteiger partial charge in [0.1, 0.15) is 0 Å². The Kier molecular flexibility index (Phi) is 4.52. The van der Waals surface area contributed by atoms with Crippen LogP contribution in [-0.2, 0) is 14.4 Å². The van der Waals surface area contributed by atoms with E-state index in [4.69, 9.17) is 23.2 Å². The highest BCUT2D eigenvalue weighted by Gasteiger charge is 2.67. The Balaban J connectivity index is 1.12. The summed E-state index contributed by atoms with van der Waals surface area (Å²) < 4.78 is 0. The fraction of sp³-hybridized carbons (Fsp3) is 0.542. The summed E-state index contributed by atoms with van der Waals surface area (Å²) >= 11 is 12.2. The Hall–Kier alpha value is -1.85. The number of nitrogens with zero attached hydrogens (tertiary/aromatic N) is 1. The second kappa shape index (κ2) is 7.08. The van der Waals surface area contributed by atoms with Gasteiger partial charge in [0, 0.05) is 12.0 Å². The highest BCUT2D eigenvalue weighted by atomic mass is 35.5. The first-order valence-corrected chi connectivity index (χ1v) is 12.0. The van der Waals surface area contributed by atoms with Gasteiger partial charge in [0.25, 0.3) is 0 Å². The van der Waals surface area contributed by atoms with E-state index in [1.165, 1.54) is 6.42 Å². The summed E-state index contributed by atoms with van der Waals surface area (Å²) in [5.41, 5.74) is 0.511. The van der Waals surface area contributed by atoms with E-state index in [9.17, 15) is 14.4 Å². The van der Waals surface area contributed by atoms with Crippen LogP contribution in [0.25, 0.3) is 0 Å². The molecule has 1 aromatic carbocycles. The zero-order valence-corrected chi connectivity index (χ0v) is 18.5. The Morgan fingerprint density at radius 2 is 1.55 bits per heavy atom. The average molecular weight is 459 g/mol. The molecular weight excluding hydrogens is 435 g/mol. The molecule has 1 aliphatic heterocycles. The van der Waals surface area contributed by atoms with Gasteiger partial charge < -0.3 is 5.32 Å². The first-order chi connectivity index (χ1) is 15.0. The first kappa shape index (κ1) is 19.8. The molecule has 1 heterocycles. The Bertz CT molecular complexity index is 980. The van der Waals surface area contributed by atoms with E-state index in [1.54, 1.807) is 23.1 Å². The van der Waals surface area contributed by atoms with Crippen molar-refractivity contribution in [3.63, 3.8) is 0 Å². The van der Waals surface area contributed by atoms with Gasteiger partial charge in [-0.25, -0.2) is 0 Å². The van der Waals surface area contributed by atoms with E-state index in [0.717, 1.165) is 0 Å². The molecule has 1 aromatic rings. The van der Waals surface area contributed by atoms with Gasteiger partial charge in [-0.15, -0.1) is 0 Å². The maximum atomic E-state index is 13.3. The van der Waals surface area contributed by atoms with Crippen LogP contribution >= 0.6 is 23.2 Å². The molecule has 2 bridgehead atoms. The van der Waals surface area contributed by atoms with E-state index in [2.05, 4.69) is 17.5 Å². The molecule has 4 fully saturated rings. The van der Waals surface area contributed by atoms with Crippen LogP contribution < -0.4 is 5.32 Å². The average Bonchev–Trinajstić information content (AvgIpc) is 3.55. The van der Waals surface area contributed by atoms with E-state index >= 15 is 0 Å². The lowest BCUT2D eigenvalue weighted by molar-refractivity contribution is -0.144. The molecule has 3 saturated carbocycles. The molecule has 0 radical (unpaired) electrons. The number of imide groups is 1. The van der Waals surface area contributed by atoms with Crippen LogP contribution in [0.3, 0.4) is 0 Å². The van der Waals surface area contributed by atoms with Crippen molar-refractivity contribution in [2.45, 2.75) is 38.1 Å². The lowest BCUT2D eigenvalue weighted by Gasteiger charge is -2.37. The summed E-state index contributed by atoms with van der Waals surface area (Å²) in [6, 6.07) is 5.07. The maximum Gasteiger partial charge on any atom is 0.233 e. The molecule has 0 aromatic heterocycles. The van der Waals surface area contributed by atoms with Gasteiger partial charge in [-0.1, -0.05) is 41.4 Å². The van der Waals surface area contributed by atoms with Crippen molar-refractivity contribution in [3.05, 3.63) is 40.4 Å². The van der Waals surface area contributed by atoms with E-state index in [-0.39, 0.29) is 53.4 Å². The standard InChI is InChI=1S/C24H24Cl2N2O3/c25-17-2-1-3-18(21(17)26)27-22(29)11-4-6-12(7-5-11)28-23(30)19-13-8-9-14(16-10-15(13)16)20(19)24(28)31/h1-3,8-9,11-16,19-20H,4-7,10H2,(H,27,29)/t11?,12?,13-,14-,15-,16-,19+,20+/m1/s1. The summed E-state index contributed by atoms with van der Waals surface area (Å²) in [4.78, 5) is 40.9. The third kappa shape index (κ3) is 2.92. The van der Waals surface area contributed by atoms with Crippen molar-refractivity contribution in [1.29, 1.82) is 0 Å². The summed E-state index contributed by atoms with van der Waals surface area (Å²) in [5.74, 6) is 1.30. The number of hydrogen-bond donors (Lipinski definition) is 1. The zero-order chi connectivity index (χ0) is 21.4. The minimum Gasteiger partial charge on any atom is -0.324 e. The van der Waals surface area contributed by atoms with Crippen molar-refractivity contribution in [1.82, 2.24) is 4.90 Å². The molecule has 6 aliphatic rings. The van der Waals surface area contributed by atoms with E-state index in [0.29, 0.717) is 53.3 Å². The van der Waals surface area contributed by atoms with Crippen LogP contribution in [0.1, 0.15) is 32.1 Å². The van der Waals surface area contributed by atoms with Crippen molar-refractivity contribution in [2.24, 2.45) is 41.4 Å². The van der Waals surface area contributed by atoms with Crippen LogP contribution in [0.15, 0.2) is 30.4 Å². The van der Waals surface area contributed by atoms with Crippen LogP contribution in [-0.4, -0.2) is 28.7 Å². The number of rotatable bonds is 3. The molecule has 162 valence electrons. The monoisotopic (exact) mass is 458 g/mol. The molecule has 3 amide bonds. The summed E-state index contributed by atoms with van der Waals surface area (Å²) in [7, 11) is 0. The number of anilines is 1. The van der Waals surface area contributed by atoms with Gasteiger partial charge in [-0.3, -0.25) is 19.3 Å². The summed E-state index contributed by atoms with van der Waals surface area (Å²) in [5, 5.41) is 3.62.